The predicted octanol–water partition coefficient (Wildman–Crippen LogP) is 0.398. The zero-order valence-electron chi connectivity index (χ0n) is 9.74. The average Bonchev–Trinajstić information content (AvgIpc) is 2.18. The molecule has 1 saturated carbocycles. The summed E-state index contributed by atoms with van der Waals surface area (Å²) in [5, 5.41) is 12.9. The Hall–Kier alpha value is -0.160. The summed E-state index contributed by atoms with van der Waals surface area (Å²) in [4.78, 5) is 0. The van der Waals surface area contributed by atoms with Gasteiger partial charge in [-0.25, -0.2) is 0 Å². The van der Waals surface area contributed by atoms with Gasteiger partial charge in [-0.05, 0) is 18.8 Å². The van der Waals surface area contributed by atoms with Gasteiger partial charge in [0.1, 0.15) is 0 Å². The van der Waals surface area contributed by atoms with Crippen molar-refractivity contribution in [2.75, 3.05) is 33.5 Å². The standard InChI is InChI=1S/C11H23NO3/c1-9-5-10(6-9)12-7-11(13)8-15-4-3-14-2/h9-13H,3-8H2,1-2H3. The Labute approximate surface area is 92.0 Å². The van der Waals surface area contributed by atoms with Crippen LogP contribution in [-0.4, -0.2) is 50.7 Å². The molecule has 2 N–H and O–H groups in total. The number of hydrogen-bond donors (Lipinski definition) is 2. The van der Waals surface area contributed by atoms with Gasteiger partial charge in [0.2, 0.25) is 0 Å². The summed E-state index contributed by atoms with van der Waals surface area (Å²) in [6, 6.07) is 0.605. The van der Waals surface area contributed by atoms with Crippen molar-refractivity contribution in [3.63, 3.8) is 0 Å². The summed E-state index contributed by atoms with van der Waals surface area (Å²) in [6.07, 6.45) is 2.06. The van der Waals surface area contributed by atoms with Crippen LogP contribution in [0.15, 0.2) is 0 Å². The van der Waals surface area contributed by atoms with Crippen LogP contribution in [0.4, 0.5) is 0 Å². The maximum atomic E-state index is 9.55. The molecule has 0 amide bonds. The van der Waals surface area contributed by atoms with Crippen molar-refractivity contribution in [2.24, 2.45) is 5.92 Å². The Morgan fingerprint density at radius 2 is 2.13 bits per heavy atom. The molecule has 4 nitrogen and oxygen atoms in total. The lowest BCUT2D eigenvalue weighted by molar-refractivity contribution is 0.0112. The molecule has 0 aromatic heterocycles. The van der Waals surface area contributed by atoms with E-state index in [4.69, 9.17) is 9.47 Å². The first-order chi connectivity index (χ1) is 7.22. The second kappa shape index (κ2) is 7.17. The number of aliphatic hydroxyl groups excluding tert-OH is 1. The first-order valence-electron chi connectivity index (χ1n) is 5.70. The molecule has 1 unspecified atom stereocenters. The van der Waals surface area contributed by atoms with E-state index >= 15 is 0 Å². The molecule has 4 heteroatoms. The molecule has 0 radical (unpaired) electrons. The van der Waals surface area contributed by atoms with Gasteiger partial charge in [-0.15, -0.1) is 0 Å². The summed E-state index contributed by atoms with van der Waals surface area (Å²) in [5.74, 6) is 0.845. The minimum absolute atomic E-state index is 0.388. The zero-order chi connectivity index (χ0) is 11.1. The lowest BCUT2D eigenvalue weighted by atomic mass is 9.82. The molecule has 1 fully saturated rings. The Morgan fingerprint density at radius 3 is 2.73 bits per heavy atom. The van der Waals surface area contributed by atoms with Crippen LogP contribution >= 0.6 is 0 Å². The van der Waals surface area contributed by atoms with Gasteiger partial charge in [-0.3, -0.25) is 0 Å². The lowest BCUT2D eigenvalue weighted by Crippen LogP contribution is -2.44. The smallest absolute Gasteiger partial charge is 0.0897 e. The topological polar surface area (TPSA) is 50.7 Å². The van der Waals surface area contributed by atoms with E-state index in [-0.39, 0.29) is 0 Å². The molecule has 0 spiro atoms. The van der Waals surface area contributed by atoms with E-state index in [0.717, 1.165) is 5.92 Å². The molecule has 1 rings (SSSR count). The molecule has 1 atom stereocenters. The number of ether oxygens (including phenoxy) is 2. The average molecular weight is 217 g/mol. The van der Waals surface area contributed by atoms with Gasteiger partial charge in [0, 0.05) is 19.7 Å². The SMILES string of the molecule is COCCOCC(O)CNC1CC(C)C1. The second-order valence-electron chi connectivity index (χ2n) is 4.40. The Kier molecular flexibility index (Phi) is 6.17. The third kappa shape index (κ3) is 5.47. The van der Waals surface area contributed by atoms with Crippen LogP contribution in [0.3, 0.4) is 0 Å². The zero-order valence-corrected chi connectivity index (χ0v) is 9.74. The quantitative estimate of drug-likeness (QED) is 0.578. The van der Waals surface area contributed by atoms with E-state index in [1.165, 1.54) is 12.8 Å². The number of hydrogen-bond acceptors (Lipinski definition) is 4. The molecule has 0 saturated heterocycles. The van der Waals surface area contributed by atoms with Gasteiger partial charge in [-0.2, -0.15) is 0 Å². The van der Waals surface area contributed by atoms with Crippen LogP contribution in [0.2, 0.25) is 0 Å². The van der Waals surface area contributed by atoms with Crippen molar-refractivity contribution in [3.8, 4) is 0 Å². The number of rotatable bonds is 8. The predicted molar refractivity (Wildman–Crippen MR) is 58.9 cm³/mol. The van der Waals surface area contributed by atoms with E-state index in [1.54, 1.807) is 7.11 Å². The maximum Gasteiger partial charge on any atom is 0.0897 e. The van der Waals surface area contributed by atoms with Crippen molar-refractivity contribution >= 4 is 0 Å². The highest BCUT2D eigenvalue weighted by Gasteiger charge is 2.24. The summed E-state index contributed by atoms with van der Waals surface area (Å²) in [6.45, 7) is 4.40. The van der Waals surface area contributed by atoms with Gasteiger partial charge in [0.05, 0.1) is 25.9 Å². The number of aliphatic hydroxyl groups is 1. The van der Waals surface area contributed by atoms with Crippen LogP contribution in [0.25, 0.3) is 0 Å². The lowest BCUT2D eigenvalue weighted by Gasteiger charge is -2.34. The molecule has 1 aliphatic carbocycles. The highest BCUT2D eigenvalue weighted by atomic mass is 16.5. The van der Waals surface area contributed by atoms with Crippen molar-refractivity contribution in [3.05, 3.63) is 0 Å². The minimum Gasteiger partial charge on any atom is -0.389 e. The Bertz CT molecular complexity index is 160. The maximum absolute atomic E-state index is 9.55. The largest absolute Gasteiger partial charge is 0.389 e. The second-order valence-corrected chi connectivity index (χ2v) is 4.40. The molecular weight excluding hydrogens is 194 g/mol. The molecule has 1 aliphatic rings. The van der Waals surface area contributed by atoms with Gasteiger partial charge in [0.25, 0.3) is 0 Å². The monoisotopic (exact) mass is 217 g/mol. The van der Waals surface area contributed by atoms with E-state index in [1.807, 2.05) is 0 Å². The molecule has 0 aromatic rings. The minimum atomic E-state index is -0.405. The van der Waals surface area contributed by atoms with Crippen molar-refractivity contribution < 1.29 is 14.6 Å². The fourth-order valence-electron chi connectivity index (χ4n) is 1.79. The summed E-state index contributed by atoms with van der Waals surface area (Å²) >= 11 is 0. The van der Waals surface area contributed by atoms with Gasteiger partial charge < -0.3 is 19.9 Å². The molecule has 0 aliphatic heterocycles. The molecule has 0 bridgehead atoms. The first kappa shape index (κ1) is 12.9. The first-order valence-corrected chi connectivity index (χ1v) is 5.70. The Morgan fingerprint density at radius 1 is 1.40 bits per heavy atom. The van der Waals surface area contributed by atoms with Crippen LogP contribution in [0.5, 0.6) is 0 Å². The highest BCUT2D eigenvalue weighted by molar-refractivity contribution is 4.82. The Balaban J connectivity index is 1.87. The van der Waals surface area contributed by atoms with Crippen molar-refractivity contribution in [2.45, 2.75) is 31.9 Å². The molecule has 0 aromatic carbocycles. The van der Waals surface area contributed by atoms with E-state index in [2.05, 4.69) is 12.2 Å². The van der Waals surface area contributed by atoms with Crippen molar-refractivity contribution in [1.29, 1.82) is 0 Å². The van der Waals surface area contributed by atoms with Crippen LogP contribution in [0.1, 0.15) is 19.8 Å². The molecule has 90 valence electrons. The van der Waals surface area contributed by atoms with Crippen LogP contribution < -0.4 is 5.32 Å². The van der Waals surface area contributed by atoms with E-state index in [0.29, 0.717) is 32.4 Å². The third-order valence-corrected chi connectivity index (χ3v) is 2.76. The molecule has 0 heterocycles. The number of nitrogens with one attached hydrogen (secondary N) is 1. The molecule has 15 heavy (non-hydrogen) atoms. The normalized spacial score (nSPS) is 27.4. The summed E-state index contributed by atoms with van der Waals surface area (Å²) < 4.78 is 10.1. The van der Waals surface area contributed by atoms with Crippen LogP contribution in [-0.2, 0) is 9.47 Å². The van der Waals surface area contributed by atoms with E-state index in [9.17, 15) is 5.11 Å². The molecular formula is C11H23NO3. The van der Waals surface area contributed by atoms with E-state index < -0.39 is 6.10 Å². The highest BCUT2D eigenvalue weighted by Crippen LogP contribution is 2.25. The van der Waals surface area contributed by atoms with Gasteiger partial charge >= 0.3 is 0 Å². The third-order valence-electron chi connectivity index (χ3n) is 2.76. The fourth-order valence-corrected chi connectivity index (χ4v) is 1.79. The van der Waals surface area contributed by atoms with Gasteiger partial charge in [-0.1, -0.05) is 6.92 Å². The summed E-state index contributed by atoms with van der Waals surface area (Å²) in [5.41, 5.74) is 0. The number of methoxy groups -OCH3 is 1. The fraction of sp³-hybridized carbons (Fsp3) is 1.00. The van der Waals surface area contributed by atoms with Crippen LogP contribution in [0, 0.1) is 5.92 Å². The van der Waals surface area contributed by atoms with Crippen molar-refractivity contribution in [1.82, 2.24) is 5.32 Å². The van der Waals surface area contributed by atoms with Gasteiger partial charge in [0.15, 0.2) is 0 Å². The summed E-state index contributed by atoms with van der Waals surface area (Å²) in [7, 11) is 1.64.